The van der Waals surface area contributed by atoms with Gasteiger partial charge in [-0.05, 0) is 70.8 Å². The Morgan fingerprint density at radius 3 is 0.750 bits per heavy atom. The number of phenols is 4. The largest absolute Gasteiger partial charge is 0.508 e. The summed E-state index contributed by atoms with van der Waals surface area (Å²) in [7, 11) is 0. The van der Waals surface area contributed by atoms with Crippen molar-refractivity contribution >= 4 is 11.6 Å². The van der Waals surface area contributed by atoms with E-state index in [1.807, 2.05) is 48.5 Å². The van der Waals surface area contributed by atoms with Crippen LogP contribution in [-0.4, -0.2) is 25.8 Å². The first-order valence-corrected chi connectivity index (χ1v) is 10.7. The normalized spacial score (nSPS) is 11.4. The van der Waals surface area contributed by atoms with Crippen LogP contribution in [0.25, 0.3) is 0 Å². The number of phenolic OH excluding ortho intramolecular Hbond substituents is 4. The molecule has 0 fully saturated rings. The standard InChI is InChI=1S/C27H23ClO4/c28-27(25(17-1-9-21(29)10-2-17)18-3-11-22(30)12-4-18)26(19-5-13-23(31)14-6-19)20-7-15-24(32)16-8-20/h1-16,25-27,29-32H. The van der Waals surface area contributed by atoms with Gasteiger partial charge in [-0.3, -0.25) is 0 Å². The van der Waals surface area contributed by atoms with E-state index in [1.54, 1.807) is 48.5 Å². The molecule has 4 rings (SSSR count). The van der Waals surface area contributed by atoms with E-state index in [2.05, 4.69) is 0 Å². The van der Waals surface area contributed by atoms with Crippen molar-refractivity contribution < 1.29 is 20.4 Å². The first kappa shape index (κ1) is 21.6. The van der Waals surface area contributed by atoms with Crippen molar-refractivity contribution in [1.82, 2.24) is 0 Å². The fourth-order valence-electron chi connectivity index (χ4n) is 4.04. The number of aromatic hydroxyl groups is 4. The lowest BCUT2D eigenvalue weighted by Crippen LogP contribution is -2.23. The van der Waals surface area contributed by atoms with Gasteiger partial charge in [-0.25, -0.2) is 0 Å². The molecule has 4 nitrogen and oxygen atoms in total. The van der Waals surface area contributed by atoms with Crippen molar-refractivity contribution in [3.8, 4) is 23.0 Å². The maximum atomic E-state index is 9.79. The van der Waals surface area contributed by atoms with E-state index in [-0.39, 0.29) is 34.8 Å². The average molecular weight is 447 g/mol. The zero-order valence-electron chi connectivity index (χ0n) is 17.1. The van der Waals surface area contributed by atoms with Crippen LogP contribution in [0.2, 0.25) is 0 Å². The van der Waals surface area contributed by atoms with Crippen molar-refractivity contribution in [2.24, 2.45) is 0 Å². The molecule has 0 aliphatic rings. The molecule has 0 unspecified atom stereocenters. The van der Waals surface area contributed by atoms with Crippen LogP contribution in [-0.2, 0) is 0 Å². The Morgan fingerprint density at radius 2 is 0.562 bits per heavy atom. The molecule has 0 saturated heterocycles. The van der Waals surface area contributed by atoms with Crippen molar-refractivity contribution in [1.29, 1.82) is 0 Å². The summed E-state index contributed by atoms with van der Waals surface area (Å²) < 4.78 is 0. The zero-order valence-corrected chi connectivity index (χ0v) is 17.9. The predicted octanol–water partition coefficient (Wildman–Crippen LogP) is 6.08. The summed E-state index contributed by atoms with van der Waals surface area (Å²) in [5, 5.41) is 38.7. The maximum Gasteiger partial charge on any atom is 0.115 e. The SMILES string of the molecule is Oc1ccc(C(c2ccc(O)cc2)C(Cl)C(c2ccc(O)cc2)c2ccc(O)cc2)cc1. The number of rotatable bonds is 6. The maximum absolute atomic E-state index is 9.79. The van der Waals surface area contributed by atoms with Gasteiger partial charge < -0.3 is 20.4 Å². The third-order valence-corrected chi connectivity index (χ3v) is 6.15. The highest BCUT2D eigenvalue weighted by Gasteiger charge is 2.32. The van der Waals surface area contributed by atoms with Crippen LogP contribution >= 0.6 is 11.6 Å². The number of hydrogen-bond acceptors (Lipinski definition) is 4. The van der Waals surface area contributed by atoms with Crippen molar-refractivity contribution in [3.05, 3.63) is 119 Å². The minimum atomic E-state index is -0.474. The molecular formula is C27H23ClO4. The molecule has 0 aliphatic carbocycles. The Hall–Kier alpha value is -3.63. The smallest absolute Gasteiger partial charge is 0.115 e. The minimum Gasteiger partial charge on any atom is -0.508 e. The second-order valence-electron chi connectivity index (χ2n) is 7.77. The molecular weight excluding hydrogens is 424 g/mol. The fourth-order valence-corrected chi connectivity index (χ4v) is 4.62. The molecule has 32 heavy (non-hydrogen) atoms. The number of alkyl halides is 1. The van der Waals surface area contributed by atoms with Gasteiger partial charge in [0.1, 0.15) is 23.0 Å². The van der Waals surface area contributed by atoms with Crippen LogP contribution in [0.1, 0.15) is 34.1 Å². The first-order chi connectivity index (χ1) is 15.4. The van der Waals surface area contributed by atoms with Crippen molar-refractivity contribution in [3.63, 3.8) is 0 Å². The van der Waals surface area contributed by atoms with E-state index in [9.17, 15) is 20.4 Å². The second kappa shape index (κ2) is 9.25. The van der Waals surface area contributed by atoms with Crippen LogP contribution in [0.5, 0.6) is 23.0 Å². The average Bonchev–Trinajstić information content (AvgIpc) is 2.79. The Morgan fingerprint density at radius 1 is 0.375 bits per heavy atom. The van der Waals surface area contributed by atoms with Gasteiger partial charge in [-0.15, -0.1) is 11.6 Å². The van der Waals surface area contributed by atoms with Gasteiger partial charge in [0.15, 0.2) is 0 Å². The lowest BCUT2D eigenvalue weighted by atomic mass is 9.77. The Bertz CT molecular complexity index is 968. The van der Waals surface area contributed by atoms with Crippen LogP contribution in [0.15, 0.2) is 97.1 Å². The highest BCUT2D eigenvalue weighted by Crippen LogP contribution is 2.43. The van der Waals surface area contributed by atoms with Gasteiger partial charge in [-0.1, -0.05) is 48.5 Å². The van der Waals surface area contributed by atoms with Gasteiger partial charge in [-0.2, -0.15) is 0 Å². The molecule has 0 radical (unpaired) electrons. The summed E-state index contributed by atoms with van der Waals surface area (Å²) in [5.41, 5.74) is 3.65. The highest BCUT2D eigenvalue weighted by molar-refractivity contribution is 6.22. The Balaban J connectivity index is 1.85. The van der Waals surface area contributed by atoms with Crippen LogP contribution in [0.3, 0.4) is 0 Å². The van der Waals surface area contributed by atoms with Crippen molar-refractivity contribution in [2.45, 2.75) is 17.2 Å². The quantitative estimate of drug-likeness (QED) is 0.270. The van der Waals surface area contributed by atoms with Crippen LogP contribution in [0, 0.1) is 0 Å². The van der Waals surface area contributed by atoms with E-state index in [1.165, 1.54) is 0 Å². The summed E-state index contributed by atoms with van der Waals surface area (Å²) in [4.78, 5) is 0. The summed E-state index contributed by atoms with van der Waals surface area (Å²) in [6, 6.07) is 27.7. The molecule has 5 heteroatoms. The summed E-state index contributed by atoms with van der Waals surface area (Å²) >= 11 is 7.26. The molecule has 0 saturated carbocycles. The molecule has 0 amide bonds. The fraction of sp³-hybridized carbons (Fsp3) is 0.111. The van der Waals surface area contributed by atoms with Gasteiger partial charge in [0.25, 0.3) is 0 Å². The summed E-state index contributed by atoms with van der Waals surface area (Å²) in [6.07, 6.45) is 0. The van der Waals surface area contributed by atoms with E-state index in [0.29, 0.717) is 0 Å². The second-order valence-corrected chi connectivity index (χ2v) is 8.27. The molecule has 0 aromatic heterocycles. The highest BCUT2D eigenvalue weighted by atomic mass is 35.5. The lowest BCUT2D eigenvalue weighted by Gasteiger charge is -2.31. The zero-order chi connectivity index (χ0) is 22.7. The number of halogens is 1. The number of hydrogen-bond donors (Lipinski definition) is 4. The molecule has 4 aromatic carbocycles. The molecule has 0 heterocycles. The lowest BCUT2D eigenvalue weighted by molar-refractivity contribution is 0.474. The van der Waals surface area contributed by atoms with E-state index < -0.39 is 5.38 Å². The molecule has 4 aromatic rings. The monoisotopic (exact) mass is 446 g/mol. The van der Waals surface area contributed by atoms with Gasteiger partial charge in [0, 0.05) is 11.8 Å². The van der Waals surface area contributed by atoms with Gasteiger partial charge in [0.2, 0.25) is 0 Å². The predicted molar refractivity (Wildman–Crippen MR) is 126 cm³/mol. The van der Waals surface area contributed by atoms with E-state index in [4.69, 9.17) is 11.6 Å². The van der Waals surface area contributed by atoms with E-state index in [0.717, 1.165) is 22.3 Å². The Kier molecular flexibility index (Phi) is 6.24. The Labute approximate surface area is 191 Å². The number of benzene rings is 4. The molecule has 0 spiro atoms. The molecule has 162 valence electrons. The summed E-state index contributed by atoms with van der Waals surface area (Å²) in [6.45, 7) is 0. The molecule has 4 N–H and O–H groups in total. The minimum absolute atomic E-state index is 0.165. The van der Waals surface area contributed by atoms with Crippen molar-refractivity contribution in [2.75, 3.05) is 0 Å². The molecule has 0 aliphatic heterocycles. The third kappa shape index (κ3) is 4.66. The van der Waals surface area contributed by atoms with Gasteiger partial charge in [0.05, 0.1) is 5.38 Å². The van der Waals surface area contributed by atoms with E-state index >= 15 is 0 Å². The molecule has 0 atom stereocenters. The van der Waals surface area contributed by atoms with Gasteiger partial charge >= 0.3 is 0 Å². The van der Waals surface area contributed by atoms with Crippen LogP contribution in [0.4, 0.5) is 0 Å². The summed E-state index contributed by atoms with van der Waals surface area (Å²) in [5.74, 6) is 0.114. The first-order valence-electron chi connectivity index (χ1n) is 10.2. The molecule has 0 bridgehead atoms. The third-order valence-electron chi connectivity index (χ3n) is 5.65. The van der Waals surface area contributed by atoms with Crippen LogP contribution < -0.4 is 0 Å². The topological polar surface area (TPSA) is 80.9 Å².